The van der Waals surface area contributed by atoms with Crippen molar-refractivity contribution >= 4 is 11.7 Å². The Hall–Kier alpha value is -1.51. The molecule has 0 amide bonds. The van der Waals surface area contributed by atoms with Crippen molar-refractivity contribution < 1.29 is 9.53 Å². The quantitative estimate of drug-likeness (QED) is 0.754. The summed E-state index contributed by atoms with van der Waals surface area (Å²) in [7, 11) is 0. The van der Waals surface area contributed by atoms with Crippen LogP contribution in [0.3, 0.4) is 0 Å². The van der Waals surface area contributed by atoms with Gasteiger partial charge >= 0.3 is 5.97 Å². The number of nitrogens with one attached hydrogen (secondary N) is 1. The van der Waals surface area contributed by atoms with Gasteiger partial charge in [-0.2, -0.15) is 0 Å². The zero-order valence-corrected chi connectivity index (χ0v) is 9.19. The molecule has 1 aromatic rings. The Balaban J connectivity index is 2.41. The van der Waals surface area contributed by atoms with Gasteiger partial charge in [-0.05, 0) is 25.5 Å². The van der Waals surface area contributed by atoms with E-state index in [4.69, 9.17) is 4.74 Å². The molecule has 1 atom stereocenters. The van der Waals surface area contributed by atoms with Crippen LogP contribution in [0, 0.1) is 0 Å². The minimum Gasteiger partial charge on any atom is -0.464 e. The molecule has 1 N–H and O–H groups in total. The van der Waals surface area contributed by atoms with Crippen LogP contribution in [0.5, 0.6) is 0 Å². The Morgan fingerprint density at radius 2 is 2.07 bits per heavy atom. The maximum Gasteiger partial charge on any atom is 0.328 e. The van der Waals surface area contributed by atoms with Crippen molar-refractivity contribution in [2.75, 3.05) is 11.9 Å². The standard InChI is InChI=1S/C12H17NO2/c1-3-9-15-12(14)10(2)13-11-7-5-4-6-8-11/h4-8,10,13H,3,9H2,1-2H3. The molecule has 0 saturated heterocycles. The van der Waals surface area contributed by atoms with Crippen molar-refractivity contribution in [1.82, 2.24) is 0 Å². The van der Waals surface area contributed by atoms with Crippen LogP contribution in [0.2, 0.25) is 0 Å². The molecular formula is C12H17NO2. The maximum absolute atomic E-state index is 11.4. The molecule has 3 nitrogen and oxygen atoms in total. The van der Waals surface area contributed by atoms with Crippen molar-refractivity contribution in [1.29, 1.82) is 0 Å². The van der Waals surface area contributed by atoms with Crippen LogP contribution in [0.15, 0.2) is 30.3 Å². The van der Waals surface area contributed by atoms with Crippen LogP contribution >= 0.6 is 0 Å². The minimum absolute atomic E-state index is 0.208. The van der Waals surface area contributed by atoms with Gasteiger partial charge < -0.3 is 10.1 Å². The molecular weight excluding hydrogens is 190 g/mol. The van der Waals surface area contributed by atoms with Gasteiger partial charge in [0.2, 0.25) is 0 Å². The molecule has 15 heavy (non-hydrogen) atoms. The molecule has 0 saturated carbocycles. The second kappa shape index (κ2) is 6.06. The molecule has 0 heterocycles. The number of carbonyl (C=O) groups is 1. The molecule has 1 unspecified atom stereocenters. The first-order valence-corrected chi connectivity index (χ1v) is 5.22. The van der Waals surface area contributed by atoms with Crippen LogP contribution in [0.1, 0.15) is 20.3 Å². The maximum atomic E-state index is 11.4. The van der Waals surface area contributed by atoms with E-state index in [2.05, 4.69) is 5.32 Å². The Labute approximate surface area is 90.4 Å². The number of hydrogen-bond donors (Lipinski definition) is 1. The van der Waals surface area contributed by atoms with Crippen LogP contribution in [-0.2, 0) is 9.53 Å². The molecule has 0 bridgehead atoms. The first-order chi connectivity index (χ1) is 7.24. The van der Waals surface area contributed by atoms with E-state index in [1.807, 2.05) is 37.3 Å². The summed E-state index contributed by atoms with van der Waals surface area (Å²) < 4.78 is 5.02. The normalized spacial score (nSPS) is 11.9. The van der Waals surface area contributed by atoms with Crippen LogP contribution in [0.25, 0.3) is 0 Å². The van der Waals surface area contributed by atoms with E-state index in [0.717, 1.165) is 12.1 Å². The second-order valence-corrected chi connectivity index (χ2v) is 3.40. The molecule has 1 rings (SSSR count). The molecule has 0 aliphatic carbocycles. The molecule has 0 aliphatic heterocycles. The number of rotatable bonds is 5. The predicted molar refractivity (Wildman–Crippen MR) is 60.8 cm³/mol. The Morgan fingerprint density at radius 3 is 2.67 bits per heavy atom. The van der Waals surface area contributed by atoms with E-state index in [9.17, 15) is 4.79 Å². The summed E-state index contributed by atoms with van der Waals surface area (Å²) in [6.07, 6.45) is 0.851. The highest BCUT2D eigenvalue weighted by Crippen LogP contribution is 2.07. The lowest BCUT2D eigenvalue weighted by Crippen LogP contribution is -2.28. The van der Waals surface area contributed by atoms with Gasteiger partial charge in [-0.25, -0.2) is 4.79 Å². The Morgan fingerprint density at radius 1 is 1.40 bits per heavy atom. The van der Waals surface area contributed by atoms with Gasteiger partial charge in [0.1, 0.15) is 6.04 Å². The van der Waals surface area contributed by atoms with Crippen molar-refractivity contribution in [3.63, 3.8) is 0 Å². The number of hydrogen-bond acceptors (Lipinski definition) is 3. The average Bonchev–Trinajstić information content (AvgIpc) is 2.27. The van der Waals surface area contributed by atoms with Crippen molar-refractivity contribution in [2.45, 2.75) is 26.3 Å². The lowest BCUT2D eigenvalue weighted by molar-refractivity contribution is -0.144. The van der Waals surface area contributed by atoms with Crippen molar-refractivity contribution in [2.24, 2.45) is 0 Å². The van der Waals surface area contributed by atoms with Crippen LogP contribution in [-0.4, -0.2) is 18.6 Å². The summed E-state index contributed by atoms with van der Waals surface area (Å²) in [4.78, 5) is 11.4. The molecule has 0 aromatic heterocycles. The summed E-state index contributed by atoms with van der Waals surface area (Å²) in [6.45, 7) is 4.26. The molecule has 0 aliphatic rings. The van der Waals surface area contributed by atoms with Crippen LogP contribution in [0.4, 0.5) is 5.69 Å². The summed E-state index contributed by atoms with van der Waals surface area (Å²) in [5.74, 6) is -0.208. The Bertz CT molecular complexity index is 298. The highest BCUT2D eigenvalue weighted by Gasteiger charge is 2.12. The van der Waals surface area contributed by atoms with Gasteiger partial charge in [-0.15, -0.1) is 0 Å². The Kier molecular flexibility index (Phi) is 4.68. The number of ether oxygens (including phenoxy) is 1. The predicted octanol–water partition coefficient (Wildman–Crippen LogP) is 2.44. The monoisotopic (exact) mass is 207 g/mol. The third kappa shape index (κ3) is 4.02. The van der Waals surface area contributed by atoms with E-state index < -0.39 is 0 Å². The molecule has 3 heteroatoms. The highest BCUT2D eigenvalue weighted by atomic mass is 16.5. The van der Waals surface area contributed by atoms with Crippen molar-refractivity contribution in [3.05, 3.63) is 30.3 Å². The topological polar surface area (TPSA) is 38.3 Å². The van der Waals surface area contributed by atoms with Gasteiger partial charge in [0, 0.05) is 5.69 Å². The third-order valence-electron chi connectivity index (χ3n) is 1.96. The van der Waals surface area contributed by atoms with E-state index in [1.165, 1.54) is 0 Å². The van der Waals surface area contributed by atoms with Gasteiger partial charge in [0.15, 0.2) is 0 Å². The van der Waals surface area contributed by atoms with Gasteiger partial charge in [-0.3, -0.25) is 0 Å². The molecule has 0 spiro atoms. The fraction of sp³-hybridized carbons (Fsp3) is 0.417. The molecule has 0 fully saturated rings. The fourth-order valence-corrected chi connectivity index (χ4v) is 1.17. The third-order valence-corrected chi connectivity index (χ3v) is 1.96. The number of benzene rings is 1. The average molecular weight is 207 g/mol. The zero-order chi connectivity index (χ0) is 11.1. The van der Waals surface area contributed by atoms with E-state index in [1.54, 1.807) is 6.92 Å². The van der Waals surface area contributed by atoms with Gasteiger partial charge in [0.25, 0.3) is 0 Å². The minimum atomic E-state index is -0.307. The second-order valence-electron chi connectivity index (χ2n) is 3.40. The molecule has 82 valence electrons. The van der Waals surface area contributed by atoms with E-state index in [-0.39, 0.29) is 12.0 Å². The smallest absolute Gasteiger partial charge is 0.328 e. The van der Waals surface area contributed by atoms with E-state index >= 15 is 0 Å². The first-order valence-electron chi connectivity index (χ1n) is 5.22. The number of anilines is 1. The van der Waals surface area contributed by atoms with E-state index in [0.29, 0.717) is 6.61 Å². The number of esters is 1. The largest absolute Gasteiger partial charge is 0.464 e. The van der Waals surface area contributed by atoms with Gasteiger partial charge in [-0.1, -0.05) is 25.1 Å². The van der Waals surface area contributed by atoms with Crippen LogP contribution < -0.4 is 5.32 Å². The lowest BCUT2D eigenvalue weighted by Gasteiger charge is -2.13. The van der Waals surface area contributed by atoms with Gasteiger partial charge in [0.05, 0.1) is 6.61 Å². The fourth-order valence-electron chi connectivity index (χ4n) is 1.17. The molecule has 0 radical (unpaired) electrons. The summed E-state index contributed by atoms with van der Waals surface area (Å²) in [6, 6.07) is 9.32. The van der Waals surface area contributed by atoms with Crippen molar-refractivity contribution in [3.8, 4) is 0 Å². The summed E-state index contributed by atoms with van der Waals surface area (Å²) >= 11 is 0. The first kappa shape index (κ1) is 11.6. The number of para-hydroxylation sites is 1. The summed E-state index contributed by atoms with van der Waals surface area (Å²) in [5.41, 5.74) is 0.929. The number of carbonyl (C=O) groups excluding carboxylic acids is 1. The SMILES string of the molecule is CCCOC(=O)C(C)Nc1ccccc1. The summed E-state index contributed by atoms with van der Waals surface area (Å²) in [5, 5.41) is 3.08. The zero-order valence-electron chi connectivity index (χ0n) is 9.19. The molecule has 1 aromatic carbocycles. The lowest BCUT2D eigenvalue weighted by atomic mass is 10.2. The highest BCUT2D eigenvalue weighted by molar-refractivity contribution is 5.78.